The van der Waals surface area contributed by atoms with E-state index >= 15 is 0 Å². The lowest BCUT2D eigenvalue weighted by Crippen LogP contribution is -2.47. The number of likely N-dealkylation sites (tertiary alicyclic amines) is 1. The van der Waals surface area contributed by atoms with Gasteiger partial charge in [-0.05, 0) is 25.7 Å². The van der Waals surface area contributed by atoms with Gasteiger partial charge < -0.3 is 10.2 Å². The Balaban J connectivity index is 1.78. The highest BCUT2D eigenvalue weighted by atomic mass is 16.2. The first kappa shape index (κ1) is 14.9. The minimum absolute atomic E-state index is 0.0423. The average Bonchev–Trinajstić information content (AvgIpc) is 2.96. The molecule has 1 atom stereocenters. The standard InChI is InChI=1S/C16H22N4O2/c1-2-4-13-12(9-17-11-19-13)14(21)20-8-6-16(10-20)5-3-7-18-15(16)22/h9,11H,2-8,10H2,1H3,(H,18,22)/t16-/m0/s1. The zero-order valence-electron chi connectivity index (χ0n) is 13.0. The number of rotatable bonds is 3. The lowest BCUT2D eigenvalue weighted by molar-refractivity contribution is -0.132. The molecule has 0 aromatic carbocycles. The van der Waals surface area contributed by atoms with Crippen molar-refractivity contribution in [1.82, 2.24) is 20.2 Å². The SMILES string of the molecule is CCCc1ncncc1C(=O)N1CC[C@@]2(CCCNC2=O)C1. The molecule has 2 saturated heterocycles. The largest absolute Gasteiger partial charge is 0.356 e. The van der Waals surface area contributed by atoms with E-state index in [-0.39, 0.29) is 17.2 Å². The molecule has 1 spiro atoms. The zero-order valence-corrected chi connectivity index (χ0v) is 13.0. The van der Waals surface area contributed by atoms with Gasteiger partial charge in [-0.15, -0.1) is 0 Å². The molecule has 0 aliphatic carbocycles. The van der Waals surface area contributed by atoms with Gasteiger partial charge in [0.1, 0.15) is 6.33 Å². The maximum absolute atomic E-state index is 12.8. The molecule has 2 amide bonds. The number of hydrogen-bond acceptors (Lipinski definition) is 4. The lowest BCUT2D eigenvalue weighted by atomic mass is 9.79. The van der Waals surface area contributed by atoms with Crippen molar-refractivity contribution in [2.75, 3.05) is 19.6 Å². The van der Waals surface area contributed by atoms with Crippen molar-refractivity contribution < 1.29 is 9.59 Å². The number of carbonyl (C=O) groups excluding carboxylic acids is 2. The fraction of sp³-hybridized carbons (Fsp3) is 0.625. The van der Waals surface area contributed by atoms with Gasteiger partial charge in [0.15, 0.2) is 0 Å². The van der Waals surface area contributed by atoms with Crippen molar-refractivity contribution in [3.63, 3.8) is 0 Å². The fourth-order valence-electron chi connectivity index (χ4n) is 3.50. The molecule has 1 aromatic rings. The summed E-state index contributed by atoms with van der Waals surface area (Å²) in [7, 11) is 0. The molecule has 2 fully saturated rings. The summed E-state index contributed by atoms with van der Waals surface area (Å²) in [4.78, 5) is 35.0. The molecule has 0 radical (unpaired) electrons. The third-order valence-corrected chi connectivity index (χ3v) is 4.75. The normalized spacial score (nSPS) is 24.6. The summed E-state index contributed by atoms with van der Waals surface area (Å²) in [6.45, 7) is 3.96. The summed E-state index contributed by atoms with van der Waals surface area (Å²) >= 11 is 0. The topological polar surface area (TPSA) is 75.2 Å². The summed E-state index contributed by atoms with van der Waals surface area (Å²) < 4.78 is 0. The molecule has 1 aromatic heterocycles. The Kier molecular flexibility index (Phi) is 4.09. The zero-order chi connectivity index (χ0) is 15.6. The number of aryl methyl sites for hydroxylation is 1. The molecule has 0 unspecified atom stereocenters. The molecule has 6 heteroatoms. The van der Waals surface area contributed by atoms with Gasteiger partial charge in [-0.2, -0.15) is 0 Å². The summed E-state index contributed by atoms with van der Waals surface area (Å²) in [6, 6.07) is 0. The average molecular weight is 302 g/mol. The van der Waals surface area contributed by atoms with E-state index < -0.39 is 0 Å². The quantitative estimate of drug-likeness (QED) is 0.909. The van der Waals surface area contributed by atoms with E-state index in [1.807, 2.05) is 0 Å². The Morgan fingerprint density at radius 1 is 1.45 bits per heavy atom. The Morgan fingerprint density at radius 3 is 3.09 bits per heavy atom. The Hall–Kier alpha value is -1.98. The van der Waals surface area contributed by atoms with Crippen LogP contribution in [-0.2, 0) is 11.2 Å². The van der Waals surface area contributed by atoms with Gasteiger partial charge in [-0.25, -0.2) is 9.97 Å². The Labute approximate surface area is 130 Å². The van der Waals surface area contributed by atoms with Gasteiger partial charge >= 0.3 is 0 Å². The van der Waals surface area contributed by atoms with Crippen LogP contribution >= 0.6 is 0 Å². The number of piperidine rings is 1. The van der Waals surface area contributed by atoms with E-state index in [1.165, 1.54) is 6.33 Å². The van der Waals surface area contributed by atoms with Crippen LogP contribution in [0.15, 0.2) is 12.5 Å². The lowest BCUT2D eigenvalue weighted by Gasteiger charge is -2.32. The van der Waals surface area contributed by atoms with Crippen molar-refractivity contribution in [1.29, 1.82) is 0 Å². The summed E-state index contributed by atoms with van der Waals surface area (Å²) in [5.74, 6) is 0.0615. The molecule has 0 bridgehead atoms. The van der Waals surface area contributed by atoms with Crippen molar-refractivity contribution >= 4 is 11.8 Å². The first-order valence-corrected chi connectivity index (χ1v) is 8.03. The maximum atomic E-state index is 12.8. The number of amides is 2. The van der Waals surface area contributed by atoms with Gasteiger partial charge in [0, 0.05) is 25.8 Å². The Morgan fingerprint density at radius 2 is 2.32 bits per heavy atom. The number of nitrogens with one attached hydrogen (secondary N) is 1. The number of aromatic nitrogens is 2. The van der Waals surface area contributed by atoms with Crippen LogP contribution in [0.2, 0.25) is 0 Å². The number of carbonyl (C=O) groups is 2. The van der Waals surface area contributed by atoms with E-state index in [1.54, 1.807) is 11.1 Å². The predicted molar refractivity (Wildman–Crippen MR) is 81.2 cm³/mol. The molecule has 2 aliphatic heterocycles. The van der Waals surface area contributed by atoms with Crippen LogP contribution < -0.4 is 5.32 Å². The first-order valence-electron chi connectivity index (χ1n) is 8.03. The maximum Gasteiger partial charge on any atom is 0.257 e. The molecule has 3 rings (SSSR count). The molecule has 118 valence electrons. The predicted octanol–water partition coefficient (Wildman–Crippen LogP) is 1.17. The molecule has 22 heavy (non-hydrogen) atoms. The van der Waals surface area contributed by atoms with Crippen LogP contribution in [-0.4, -0.2) is 46.3 Å². The summed E-state index contributed by atoms with van der Waals surface area (Å²) in [5, 5.41) is 2.94. The summed E-state index contributed by atoms with van der Waals surface area (Å²) in [5.41, 5.74) is 1.00. The van der Waals surface area contributed by atoms with Crippen molar-refractivity contribution in [3.8, 4) is 0 Å². The summed E-state index contributed by atoms with van der Waals surface area (Å²) in [6.07, 6.45) is 7.40. The molecular formula is C16H22N4O2. The molecule has 3 heterocycles. The van der Waals surface area contributed by atoms with Gasteiger partial charge in [-0.1, -0.05) is 13.3 Å². The van der Waals surface area contributed by atoms with Crippen molar-refractivity contribution in [3.05, 3.63) is 23.8 Å². The van der Waals surface area contributed by atoms with Crippen LogP contribution in [0.3, 0.4) is 0 Å². The fourth-order valence-corrected chi connectivity index (χ4v) is 3.50. The minimum atomic E-state index is -0.380. The second-order valence-corrected chi connectivity index (χ2v) is 6.25. The highest BCUT2D eigenvalue weighted by Crippen LogP contribution is 2.37. The van der Waals surface area contributed by atoms with E-state index in [4.69, 9.17) is 0 Å². The van der Waals surface area contributed by atoms with Crippen LogP contribution in [0.1, 0.15) is 48.7 Å². The van der Waals surface area contributed by atoms with Gasteiger partial charge in [0.2, 0.25) is 5.91 Å². The monoisotopic (exact) mass is 302 g/mol. The first-order chi connectivity index (χ1) is 10.7. The van der Waals surface area contributed by atoms with Gasteiger partial charge in [0.25, 0.3) is 5.91 Å². The smallest absolute Gasteiger partial charge is 0.257 e. The minimum Gasteiger partial charge on any atom is -0.356 e. The number of hydrogen-bond donors (Lipinski definition) is 1. The van der Waals surface area contributed by atoms with Crippen LogP contribution in [0.4, 0.5) is 0 Å². The van der Waals surface area contributed by atoms with Crippen LogP contribution in [0.25, 0.3) is 0 Å². The number of nitrogens with zero attached hydrogens (tertiary/aromatic N) is 3. The molecule has 0 saturated carbocycles. The van der Waals surface area contributed by atoms with Gasteiger partial charge in [0.05, 0.1) is 16.7 Å². The third kappa shape index (κ3) is 2.58. The van der Waals surface area contributed by atoms with Crippen LogP contribution in [0.5, 0.6) is 0 Å². The van der Waals surface area contributed by atoms with E-state index in [9.17, 15) is 9.59 Å². The van der Waals surface area contributed by atoms with E-state index in [2.05, 4.69) is 22.2 Å². The molecule has 2 aliphatic rings. The van der Waals surface area contributed by atoms with E-state index in [0.717, 1.165) is 44.3 Å². The molecular weight excluding hydrogens is 280 g/mol. The van der Waals surface area contributed by atoms with Crippen LogP contribution in [0, 0.1) is 5.41 Å². The second kappa shape index (κ2) is 6.02. The van der Waals surface area contributed by atoms with Crippen molar-refractivity contribution in [2.24, 2.45) is 5.41 Å². The molecule has 6 nitrogen and oxygen atoms in total. The third-order valence-electron chi connectivity index (χ3n) is 4.75. The molecule has 1 N–H and O–H groups in total. The van der Waals surface area contributed by atoms with E-state index in [0.29, 0.717) is 18.7 Å². The van der Waals surface area contributed by atoms with Gasteiger partial charge in [-0.3, -0.25) is 9.59 Å². The highest BCUT2D eigenvalue weighted by Gasteiger charge is 2.47. The van der Waals surface area contributed by atoms with Crippen molar-refractivity contribution in [2.45, 2.75) is 39.0 Å². The highest BCUT2D eigenvalue weighted by molar-refractivity contribution is 5.96. The second-order valence-electron chi connectivity index (χ2n) is 6.25. The Bertz CT molecular complexity index is 589.